The second-order valence-corrected chi connectivity index (χ2v) is 6.57. The van der Waals surface area contributed by atoms with E-state index in [9.17, 15) is 0 Å². The van der Waals surface area contributed by atoms with Crippen molar-refractivity contribution < 1.29 is 14.0 Å². The minimum Gasteiger partial charge on any atom is -0.493 e. The fourth-order valence-corrected chi connectivity index (χ4v) is 2.77. The summed E-state index contributed by atoms with van der Waals surface area (Å²) in [5, 5.41) is 11.1. The average Bonchev–Trinajstić information content (AvgIpc) is 3.22. The van der Waals surface area contributed by atoms with Gasteiger partial charge in [0.15, 0.2) is 17.5 Å². The molecule has 0 aliphatic carbocycles. The molecule has 10 heteroatoms. The van der Waals surface area contributed by atoms with Gasteiger partial charge in [-0.15, -0.1) is 24.0 Å². The van der Waals surface area contributed by atoms with Crippen LogP contribution in [0.2, 0.25) is 5.02 Å². The van der Waals surface area contributed by atoms with E-state index in [0.717, 1.165) is 11.3 Å². The first-order chi connectivity index (χ1) is 14.6. The van der Waals surface area contributed by atoms with E-state index in [-0.39, 0.29) is 30.5 Å². The zero-order valence-corrected chi connectivity index (χ0v) is 20.6. The summed E-state index contributed by atoms with van der Waals surface area (Å²) < 4.78 is 16.3. The number of aromatic nitrogens is 2. The predicted molar refractivity (Wildman–Crippen MR) is 133 cm³/mol. The number of nitrogens with one attached hydrogen (secondary N) is 2. The van der Waals surface area contributed by atoms with Crippen LogP contribution in [0.5, 0.6) is 11.5 Å². The highest BCUT2D eigenvalue weighted by Crippen LogP contribution is 2.30. The van der Waals surface area contributed by atoms with Crippen LogP contribution in [0, 0.1) is 0 Å². The van der Waals surface area contributed by atoms with E-state index >= 15 is 0 Å². The molecule has 166 valence electrons. The lowest BCUT2D eigenvalue weighted by Crippen LogP contribution is -2.30. The zero-order valence-electron chi connectivity index (χ0n) is 17.5. The van der Waals surface area contributed by atoms with Gasteiger partial charge in [0.25, 0.3) is 0 Å². The number of methoxy groups -OCH3 is 1. The fraction of sp³-hybridized carbons (Fsp3) is 0.286. The van der Waals surface area contributed by atoms with Gasteiger partial charge in [0.2, 0.25) is 11.7 Å². The van der Waals surface area contributed by atoms with Gasteiger partial charge in [0, 0.05) is 28.9 Å². The van der Waals surface area contributed by atoms with Crippen molar-refractivity contribution >= 4 is 47.2 Å². The Hall–Kier alpha value is -2.53. The summed E-state index contributed by atoms with van der Waals surface area (Å²) in [6.07, 6.45) is 0. The number of halogens is 2. The standard InChI is InChI=1S/C21H24ClN5O3.HI/c1-4-23-21(25-16-10-11-17(28-3)18(12-16)29-5-2)24-13-19-26-20(27-30-19)14-6-8-15(22)9-7-14;/h6-12H,4-5,13H2,1-3H3,(H2,23,24,25);1H. The van der Waals surface area contributed by atoms with Gasteiger partial charge in [0.05, 0.1) is 13.7 Å². The van der Waals surface area contributed by atoms with Gasteiger partial charge in [-0.3, -0.25) is 0 Å². The normalized spacial score (nSPS) is 10.9. The maximum absolute atomic E-state index is 5.92. The third kappa shape index (κ3) is 7.00. The number of guanidine groups is 1. The van der Waals surface area contributed by atoms with E-state index in [2.05, 4.69) is 25.8 Å². The van der Waals surface area contributed by atoms with Crippen LogP contribution in [-0.4, -0.2) is 36.4 Å². The summed E-state index contributed by atoms with van der Waals surface area (Å²) in [6.45, 7) is 5.38. The van der Waals surface area contributed by atoms with Crippen molar-refractivity contribution in [3.63, 3.8) is 0 Å². The van der Waals surface area contributed by atoms with Crippen LogP contribution in [0.15, 0.2) is 52.0 Å². The highest BCUT2D eigenvalue weighted by atomic mass is 127. The van der Waals surface area contributed by atoms with E-state index < -0.39 is 0 Å². The number of rotatable bonds is 8. The molecule has 31 heavy (non-hydrogen) atoms. The molecule has 0 saturated heterocycles. The smallest absolute Gasteiger partial charge is 0.248 e. The van der Waals surface area contributed by atoms with Crippen LogP contribution in [0.3, 0.4) is 0 Å². The summed E-state index contributed by atoms with van der Waals surface area (Å²) in [5.74, 6) is 2.81. The SMILES string of the molecule is CCNC(=NCc1nc(-c2ccc(Cl)cc2)no1)Nc1ccc(OC)c(OCC)c1.I. The zero-order chi connectivity index (χ0) is 21.3. The Morgan fingerprint density at radius 1 is 1.13 bits per heavy atom. The molecule has 3 aromatic rings. The molecule has 0 unspecified atom stereocenters. The highest BCUT2D eigenvalue weighted by molar-refractivity contribution is 14.0. The quantitative estimate of drug-likeness (QED) is 0.229. The number of nitrogens with zero attached hydrogens (tertiary/aromatic N) is 3. The first kappa shape index (κ1) is 24.7. The van der Waals surface area contributed by atoms with E-state index in [0.29, 0.717) is 47.3 Å². The Bertz CT molecular complexity index is 995. The molecule has 0 bridgehead atoms. The van der Waals surface area contributed by atoms with Crippen molar-refractivity contribution in [3.8, 4) is 22.9 Å². The van der Waals surface area contributed by atoms with E-state index in [1.807, 2.05) is 44.2 Å². The largest absolute Gasteiger partial charge is 0.493 e. The van der Waals surface area contributed by atoms with Gasteiger partial charge in [-0.05, 0) is 50.2 Å². The lowest BCUT2D eigenvalue weighted by Gasteiger charge is -2.14. The number of anilines is 1. The minimum absolute atomic E-state index is 0. The van der Waals surface area contributed by atoms with Crippen LogP contribution < -0.4 is 20.1 Å². The number of hydrogen-bond acceptors (Lipinski definition) is 6. The first-order valence-corrected chi connectivity index (χ1v) is 9.95. The Kier molecular flexibility index (Phi) is 9.86. The average molecular weight is 558 g/mol. The number of ether oxygens (including phenoxy) is 2. The number of benzene rings is 2. The van der Waals surface area contributed by atoms with Crippen LogP contribution in [-0.2, 0) is 6.54 Å². The lowest BCUT2D eigenvalue weighted by atomic mass is 10.2. The van der Waals surface area contributed by atoms with Crippen molar-refractivity contribution in [2.24, 2.45) is 4.99 Å². The second kappa shape index (κ2) is 12.4. The summed E-state index contributed by atoms with van der Waals surface area (Å²) >= 11 is 5.92. The summed E-state index contributed by atoms with van der Waals surface area (Å²) in [6, 6.07) is 12.8. The lowest BCUT2D eigenvalue weighted by molar-refractivity contribution is 0.311. The third-order valence-corrected chi connectivity index (χ3v) is 4.27. The van der Waals surface area contributed by atoms with Crippen molar-refractivity contribution in [3.05, 3.63) is 53.4 Å². The van der Waals surface area contributed by atoms with Crippen LogP contribution in [0.1, 0.15) is 19.7 Å². The number of hydrogen-bond donors (Lipinski definition) is 2. The molecule has 0 spiro atoms. The Morgan fingerprint density at radius 3 is 2.58 bits per heavy atom. The molecule has 0 aliphatic heterocycles. The van der Waals surface area contributed by atoms with Crippen molar-refractivity contribution in [1.82, 2.24) is 15.5 Å². The van der Waals surface area contributed by atoms with E-state index in [4.69, 9.17) is 25.6 Å². The molecule has 0 fully saturated rings. The van der Waals surface area contributed by atoms with Gasteiger partial charge in [-0.25, -0.2) is 4.99 Å². The van der Waals surface area contributed by atoms with Gasteiger partial charge in [-0.1, -0.05) is 16.8 Å². The predicted octanol–water partition coefficient (Wildman–Crippen LogP) is 4.99. The molecule has 3 rings (SSSR count). The molecule has 0 radical (unpaired) electrons. The molecule has 2 N–H and O–H groups in total. The summed E-state index contributed by atoms with van der Waals surface area (Å²) in [7, 11) is 1.61. The minimum atomic E-state index is 0. The molecule has 0 amide bonds. The van der Waals surface area contributed by atoms with Crippen molar-refractivity contribution in [2.75, 3.05) is 25.6 Å². The van der Waals surface area contributed by atoms with Gasteiger partial charge in [0.1, 0.15) is 6.54 Å². The molecule has 0 saturated carbocycles. The van der Waals surface area contributed by atoms with Crippen molar-refractivity contribution in [2.45, 2.75) is 20.4 Å². The van der Waals surface area contributed by atoms with Crippen LogP contribution in [0.4, 0.5) is 5.69 Å². The van der Waals surface area contributed by atoms with E-state index in [1.54, 1.807) is 19.2 Å². The Labute approximate surface area is 203 Å². The monoisotopic (exact) mass is 557 g/mol. The van der Waals surface area contributed by atoms with Crippen LogP contribution in [0.25, 0.3) is 11.4 Å². The molecule has 0 aliphatic rings. The molecular weight excluding hydrogens is 533 g/mol. The maximum Gasteiger partial charge on any atom is 0.248 e. The second-order valence-electron chi connectivity index (χ2n) is 6.14. The topological polar surface area (TPSA) is 93.8 Å². The van der Waals surface area contributed by atoms with Gasteiger partial charge >= 0.3 is 0 Å². The Balaban J connectivity index is 0.00000341. The highest BCUT2D eigenvalue weighted by Gasteiger charge is 2.10. The third-order valence-electron chi connectivity index (χ3n) is 4.01. The van der Waals surface area contributed by atoms with Gasteiger partial charge < -0.3 is 24.6 Å². The maximum atomic E-state index is 5.92. The summed E-state index contributed by atoms with van der Waals surface area (Å²) in [5.41, 5.74) is 1.64. The summed E-state index contributed by atoms with van der Waals surface area (Å²) in [4.78, 5) is 8.91. The molecule has 2 aromatic carbocycles. The number of aliphatic imine (C=N–C) groups is 1. The molecule has 0 atom stereocenters. The first-order valence-electron chi connectivity index (χ1n) is 9.57. The molecule has 1 aromatic heterocycles. The van der Waals surface area contributed by atoms with Crippen molar-refractivity contribution in [1.29, 1.82) is 0 Å². The molecule has 1 heterocycles. The fourth-order valence-electron chi connectivity index (χ4n) is 2.65. The van der Waals surface area contributed by atoms with Crippen LogP contribution >= 0.6 is 35.6 Å². The van der Waals surface area contributed by atoms with E-state index in [1.165, 1.54) is 0 Å². The molecular formula is C21H25ClIN5O3. The Morgan fingerprint density at radius 2 is 1.90 bits per heavy atom. The molecule has 8 nitrogen and oxygen atoms in total. The van der Waals surface area contributed by atoms with Gasteiger partial charge in [-0.2, -0.15) is 4.98 Å².